The molecule has 0 aliphatic rings. The second kappa shape index (κ2) is 5.22. The van der Waals surface area contributed by atoms with E-state index < -0.39 is 5.41 Å². The number of nitrogens with zero attached hydrogens (tertiary/aromatic N) is 1. The molecule has 19 heavy (non-hydrogen) atoms. The second-order valence-corrected chi connectivity index (χ2v) is 5.49. The summed E-state index contributed by atoms with van der Waals surface area (Å²) in [5, 5.41) is 2.98. The molecule has 2 rings (SSSR count). The maximum absolute atomic E-state index is 12.1. The van der Waals surface area contributed by atoms with Gasteiger partial charge in [-0.15, -0.1) is 0 Å². The van der Waals surface area contributed by atoms with Crippen LogP contribution >= 0.6 is 0 Å². The Bertz CT molecular complexity index is 571. The SMILES string of the molecule is CC(C)(C)C(=O)Nc1ccccc1-c1cccnc1. The Morgan fingerprint density at radius 2 is 1.84 bits per heavy atom. The van der Waals surface area contributed by atoms with E-state index in [0.717, 1.165) is 16.8 Å². The van der Waals surface area contributed by atoms with Crippen molar-refractivity contribution in [3.05, 3.63) is 48.8 Å². The standard InChI is InChI=1S/C16H18N2O/c1-16(2,3)15(19)18-14-9-5-4-8-13(14)12-7-6-10-17-11-12/h4-11H,1-3H3,(H,18,19). The number of hydrogen-bond donors (Lipinski definition) is 1. The average Bonchev–Trinajstić information content (AvgIpc) is 2.39. The van der Waals surface area contributed by atoms with E-state index in [-0.39, 0.29) is 5.91 Å². The van der Waals surface area contributed by atoms with Crippen molar-refractivity contribution in [2.75, 3.05) is 5.32 Å². The van der Waals surface area contributed by atoms with Gasteiger partial charge in [0.25, 0.3) is 0 Å². The van der Waals surface area contributed by atoms with Crippen LogP contribution in [-0.4, -0.2) is 10.9 Å². The topological polar surface area (TPSA) is 42.0 Å². The van der Waals surface area contributed by atoms with Crippen molar-refractivity contribution in [1.82, 2.24) is 4.98 Å². The van der Waals surface area contributed by atoms with Crippen molar-refractivity contribution in [1.29, 1.82) is 0 Å². The van der Waals surface area contributed by atoms with Gasteiger partial charge in [-0.3, -0.25) is 9.78 Å². The highest BCUT2D eigenvalue weighted by Gasteiger charge is 2.22. The van der Waals surface area contributed by atoms with Crippen LogP contribution in [0.25, 0.3) is 11.1 Å². The first-order chi connectivity index (χ1) is 8.98. The van der Waals surface area contributed by atoms with E-state index in [4.69, 9.17) is 0 Å². The summed E-state index contributed by atoms with van der Waals surface area (Å²) in [4.78, 5) is 16.2. The predicted octanol–water partition coefficient (Wildman–Crippen LogP) is 3.73. The van der Waals surface area contributed by atoms with Gasteiger partial charge >= 0.3 is 0 Å². The largest absolute Gasteiger partial charge is 0.325 e. The third kappa shape index (κ3) is 3.19. The van der Waals surface area contributed by atoms with Gasteiger partial charge < -0.3 is 5.32 Å². The minimum atomic E-state index is -0.415. The summed E-state index contributed by atoms with van der Waals surface area (Å²) in [5.41, 5.74) is 2.37. The highest BCUT2D eigenvalue weighted by Crippen LogP contribution is 2.28. The van der Waals surface area contributed by atoms with Gasteiger partial charge in [0.15, 0.2) is 0 Å². The molecule has 2 aromatic rings. The molecule has 3 nitrogen and oxygen atoms in total. The summed E-state index contributed by atoms with van der Waals surface area (Å²) < 4.78 is 0. The van der Waals surface area contributed by atoms with Crippen molar-refractivity contribution in [2.24, 2.45) is 5.41 Å². The van der Waals surface area contributed by atoms with Crippen LogP contribution in [0.15, 0.2) is 48.8 Å². The molecule has 1 heterocycles. The van der Waals surface area contributed by atoms with Crippen molar-refractivity contribution < 1.29 is 4.79 Å². The number of amides is 1. The Hall–Kier alpha value is -2.16. The lowest BCUT2D eigenvalue weighted by Gasteiger charge is -2.19. The molecule has 0 unspecified atom stereocenters. The molecule has 98 valence electrons. The zero-order valence-corrected chi connectivity index (χ0v) is 11.5. The number of para-hydroxylation sites is 1. The van der Waals surface area contributed by atoms with Gasteiger partial charge in [0.1, 0.15) is 0 Å². The maximum Gasteiger partial charge on any atom is 0.229 e. The Kier molecular flexibility index (Phi) is 3.65. The smallest absolute Gasteiger partial charge is 0.229 e. The summed E-state index contributed by atoms with van der Waals surface area (Å²) in [6.45, 7) is 5.69. The summed E-state index contributed by atoms with van der Waals surface area (Å²) >= 11 is 0. The summed E-state index contributed by atoms with van der Waals surface area (Å²) in [5.74, 6) is 0.00356. The fourth-order valence-corrected chi connectivity index (χ4v) is 1.68. The van der Waals surface area contributed by atoms with Gasteiger partial charge in [0.05, 0.1) is 0 Å². The minimum Gasteiger partial charge on any atom is -0.325 e. The molecule has 1 amide bonds. The van der Waals surface area contributed by atoms with E-state index in [1.165, 1.54) is 0 Å². The number of aromatic nitrogens is 1. The number of nitrogens with one attached hydrogen (secondary N) is 1. The third-order valence-electron chi connectivity index (χ3n) is 2.83. The Morgan fingerprint density at radius 3 is 2.47 bits per heavy atom. The molecule has 0 aliphatic heterocycles. The van der Waals surface area contributed by atoms with Gasteiger partial charge in [0, 0.05) is 34.6 Å². The van der Waals surface area contributed by atoms with E-state index in [0.29, 0.717) is 0 Å². The summed E-state index contributed by atoms with van der Waals surface area (Å²) in [6.07, 6.45) is 3.53. The summed E-state index contributed by atoms with van der Waals surface area (Å²) in [7, 11) is 0. The molecule has 1 aromatic carbocycles. The molecule has 0 spiro atoms. The second-order valence-electron chi connectivity index (χ2n) is 5.49. The average molecular weight is 254 g/mol. The number of benzene rings is 1. The monoisotopic (exact) mass is 254 g/mol. The zero-order chi connectivity index (χ0) is 13.9. The molecule has 0 saturated carbocycles. The van der Waals surface area contributed by atoms with Crippen LogP contribution in [0.2, 0.25) is 0 Å². The normalized spacial score (nSPS) is 11.1. The van der Waals surface area contributed by atoms with E-state index in [1.54, 1.807) is 12.4 Å². The van der Waals surface area contributed by atoms with Crippen LogP contribution in [0.4, 0.5) is 5.69 Å². The van der Waals surface area contributed by atoms with Crippen LogP contribution in [0.3, 0.4) is 0 Å². The molecule has 0 bridgehead atoms. The third-order valence-corrected chi connectivity index (χ3v) is 2.83. The molecule has 1 aromatic heterocycles. The molecule has 0 atom stereocenters. The van der Waals surface area contributed by atoms with E-state index in [2.05, 4.69) is 10.3 Å². The number of carbonyl (C=O) groups is 1. The Labute approximate surface area is 113 Å². The number of carbonyl (C=O) groups excluding carboxylic acids is 1. The van der Waals surface area contributed by atoms with Crippen LogP contribution in [-0.2, 0) is 4.79 Å². The van der Waals surface area contributed by atoms with Gasteiger partial charge in [-0.05, 0) is 12.1 Å². The zero-order valence-electron chi connectivity index (χ0n) is 11.5. The van der Waals surface area contributed by atoms with Gasteiger partial charge in [-0.1, -0.05) is 45.0 Å². The Balaban J connectivity index is 2.35. The molecule has 1 N–H and O–H groups in total. The van der Waals surface area contributed by atoms with Crippen molar-refractivity contribution >= 4 is 11.6 Å². The molecule has 0 saturated heterocycles. The first-order valence-electron chi connectivity index (χ1n) is 6.29. The maximum atomic E-state index is 12.1. The minimum absolute atomic E-state index is 0.00356. The van der Waals surface area contributed by atoms with Gasteiger partial charge in [-0.25, -0.2) is 0 Å². The molecule has 0 fully saturated rings. The lowest BCUT2D eigenvalue weighted by Crippen LogP contribution is -2.27. The van der Waals surface area contributed by atoms with Crippen molar-refractivity contribution in [3.63, 3.8) is 0 Å². The highest BCUT2D eigenvalue weighted by atomic mass is 16.2. The van der Waals surface area contributed by atoms with E-state index in [9.17, 15) is 4.79 Å². The van der Waals surface area contributed by atoms with Crippen LogP contribution in [0.5, 0.6) is 0 Å². The lowest BCUT2D eigenvalue weighted by molar-refractivity contribution is -0.123. The number of rotatable bonds is 2. The Morgan fingerprint density at radius 1 is 1.11 bits per heavy atom. The predicted molar refractivity (Wildman–Crippen MR) is 77.8 cm³/mol. The molecule has 0 aliphatic carbocycles. The number of anilines is 1. The van der Waals surface area contributed by atoms with E-state index >= 15 is 0 Å². The van der Waals surface area contributed by atoms with Crippen molar-refractivity contribution in [3.8, 4) is 11.1 Å². The first-order valence-corrected chi connectivity index (χ1v) is 6.29. The molecular formula is C16H18N2O. The van der Waals surface area contributed by atoms with Gasteiger partial charge in [-0.2, -0.15) is 0 Å². The lowest BCUT2D eigenvalue weighted by atomic mass is 9.95. The molecular weight excluding hydrogens is 236 g/mol. The number of hydrogen-bond acceptors (Lipinski definition) is 2. The quantitative estimate of drug-likeness (QED) is 0.887. The fraction of sp³-hybridized carbons (Fsp3) is 0.250. The number of pyridine rings is 1. The van der Waals surface area contributed by atoms with E-state index in [1.807, 2.05) is 57.2 Å². The van der Waals surface area contributed by atoms with Gasteiger partial charge in [0.2, 0.25) is 5.91 Å². The van der Waals surface area contributed by atoms with Crippen LogP contribution in [0.1, 0.15) is 20.8 Å². The van der Waals surface area contributed by atoms with Crippen LogP contribution in [0, 0.1) is 5.41 Å². The first kappa shape index (κ1) is 13.3. The van der Waals surface area contributed by atoms with Crippen LogP contribution < -0.4 is 5.32 Å². The molecule has 0 radical (unpaired) electrons. The molecule has 3 heteroatoms. The summed E-state index contributed by atoms with van der Waals surface area (Å²) in [6, 6.07) is 11.6. The fourth-order valence-electron chi connectivity index (χ4n) is 1.68. The van der Waals surface area contributed by atoms with Crippen molar-refractivity contribution in [2.45, 2.75) is 20.8 Å². The highest BCUT2D eigenvalue weighted by molar-refractivity contribution is 5.98.